The van der Waals surface area contributed by atoms with E-state index in [2.05, 4.69) is 62.5 Å². The quantitative estimate of drug-likeness (QED) is 0.0374. The Morgan fingerprint density at radius 2 is 0.642 bits per heavy atom. The molecule has 0 fully saturated rings. The zero-order chi connectivity index (χ0) is 48.5. The van der Waals surface area contributed by atoms with Crippen molar-refractivity contribution in [2.45, 2.75) is 322 Å². The van der Waals surface area contributed by atoms with Gasteiger partial charge in [0.05, 0.1) is 6.61 Å². The molecule has 5 heteroatoms. The molecule has 0 aromatic heterocycles. The molecule has 1 N–H and O–H groups in total. The highest BCUT2D eigenvalue weighted by molar-refractivity contribution is 5.70. The maximum absolute atomic E-state index is 12.2. The SMILES string of the molecule is CC/C=C\C/C=C\C/C=C\C/C=C\CCCCC(=O)OC(CO)COC(=O)CCCCCCCCCCCCCCCCCCCCCCCCCCCCCCCCCCCCCCCC. The highest BCUT2D eigenvalue weighted by Gasteiger charge is 2.16. The number of rotatable bonds is 55. The van der Waals surface area contributed by atoms with Gasteiger partial charge in [0.15, 0.2) is 6.10 Å². The third-order valence-electron chi connectivity index (χ3n) is 13.4. The van der Waals surface area contributed by atoms with E-state index in [1.165, 1.54) is 225 Å². The molecule has 0 amide bonds. The molecule has 0 bridgehead atoms. The summed E-state index contributed by atoms with van der Waals surface area (Å²) in [5.74, 6) is -0.629. The number of hydrogen-bond donors (Lipinski definition) is 1. The van der Waals surface area contributed by atoms with Crippen molar-refractivity contribution in [2.24, 2.45) is 0 Å². The molecule has 0 aromatic carbocycles. The Morgan fingerprint density at radius 3 is 0.970 bits per heavy atom. The van der Waals surface area contributed by atoms with Gasteiger partial charge in [-0.15, -0.1) is 0 Å². The van der Waals surface area contributed by atoms with Crippen molar-refractivity contribution in [1.82, 2.24) is 0 Å². The Kier molecular flexibility index (Phi) is 56.3. The summed E-state index contributed by atoms with van der Waals surface area (Å²) in [6, 6.07) is 0. The van der Waals surface area contributed by atoms with Crippen LogP contribution in [0.25, 0.3) is 0 Å². The molecule has 0 saturated carbocycles. The van der Waals surface area contributed by atoms with Gasteiger partial charge in [0.2, 0.25) is 0 Å². The van der Waals surface area contributed by atoms with Gasteiger partial charge >= 0.3 is 11.9 Å². The third-order valence-corrected chi connectivity index (χ3v) is 13.4. The van der Waals surface area contributed by atoms with Crippen LogP contribution in [0.4, 0.5) is 0 Å². The van der Waals surface area contributed by atoms with Crippen LogP contribution in [-0.4, -0.2) is 36.4 Å². The van der Waals surface area contributed by atoms with Crippen LogP contribution in [0.1, 0.15) is 316 Å². The average Bonchev–Trinajstić information content (AvgIpc) is 3.33. The number of esters is 2. The number of aliphatic hydroxyl groups excluding tert-OH is 1. The van der Waals surface area contributed by atoms with Crippen molar-refractivity contribution >= 4 is 11.9 Å². The molecule has 1 atom stereocenters. The van der Waals surface area contributed by atoms with Crippen molar-refractivity contribution in [1.29, 1.82) is 0 Å². The highest BCUT2D eigenvalue weighted by atomic mass is 16.6. The summed E-state index contributed by atoms with van der Waals surface area (Å²) in [5, 5.41) is 9.61. The molecular formula is C62H114O5. The predicted molar refractivity (Wildman–Crippen MR) is 293 cm³/mol. The maximum atomic E-state index is 12.2. The average molecular weight is 940 g/mol. The summed E-state index contributed by atoms with van der Waals surface area (Å²) in [6.45, 7) is 4.02. The van der Waals surface area contributed by atoms with Gasteiger partial charge in [0.25, 0.3) is 0 Å². The second-order valence-corrected chi connectivity index (χ2v) is 20.1. The Hall–Kier alpha value is -2.14. The second-order valence-electron chi connectivity index (χ2n) is 20.1. The van der Waals surface area contributed by atoms with E-state index in [9.17, 15) is 14.7 Å². The fourth-order valence-electron chi connectivity index (χ4n) is 8.96. The monoisotopic (exact) mass is 939 g/mol. The Labute approximate surface area is 418 Å². The van der Waals surface area contributed by atoms with Crippen molar-refractivity contribution in [3.05, 3.63) is 48.6 Å². The van der Waals surface area contributed by atoms with Gasteiger partial charge < -0.3 is 14.6 Å². The van der Waals surface area contributed by atoms with E-state index >= 15 is 0 Å². The number of carbonyl (C=O) groups excluding carboxylic acids is 2. The van der Waals surface area contributed by atoms with Crippen LogP contribution in [-0.2, 0) is 19.1 Å². The topological polar surface area (TPSA) is 72.8 Å². The number of hydrogen-bond acceptors (Lipinski definition) is 5. The van der Waals surface area contributed by atoms with Gasteiger partial charge in [-0.3, -0.25) is 9.59 Å². The van der Waals surface area contributed by atoms with Crippen molar-refractivity contribution in [3.63, 3.8) is 0 Å². The van der Waals surface area contributed by atoms with Crippen LogP contribution in [0.5, 0.6) is 0 Å². The van der Waals surface area contributed by atoms with Crippen LogP contribution >= 0.6 is 0 Å². The molecule has 67 heavy (non-hydrogen) atoms. The molecule has 0 rings (SSSR count). The van der Waals surface area contributed by atoms with Crippen LogP contribution < -0.4 is 0 Å². The van der Waals surface area contributed by atoms with E-state index in [0.29, 0.717) is 12.8 Å². The lowest BCUT2D eigenvalue weighted by atomic mass is 10.0. The molecule has 0 radical (unpaired) electrons. The standard InChI is InChI=1S/C62H114O5/c1-3-5-7-9-11-13-15-17-19-20-21-22-23-24-25-26-27-28-29-30-31-32-33-34-35-36-37-38-39-40-41-43-44-46-48-50-52-54-56-61(64)66-59-60(58-63)67-62(65)57-55-53-51-49-47-45-42-18-16-14-12-10-8-6-4-2/h6,8,12,14,18,42,47,49,60,63H,3-5,7,9-11,13,15-17,19-41,43-46,48,50-59H2,1-2H3/b8-6-,14-12-,42-18-,49-47-. The molecule has 0 aliphatic rings. The normalized spacial score (nSPS) is 12.5. The first-order chi connectivity index (χ1) is 33.1. The van der Waals surface area contributed by atoms with Gasteiger partial charge in [-0.2, -0.15) is 0 Å². The van der Waals surface area contributed by atoms with Gasteiger partial charge in [-0.25, -0.2) is 0 Å². The number of ether oxygens (including phenoxy) is 2. The summed E-state index contributed by atoms with van der Waals surface area (Å²) in [7, 11) is 0. The van der Waals surface area contributed by atoms with Crippen LogP contribution in [0.15, 0.2) is 48.6 Å². The molecule has 0 aliphatic heterocycles. The first-order valence-electron chi connectivity index (χ1n) is 29.7. The largest absolute Gasteiger partial charge is 0.462 e. The van der Waals surface area contributed by atoms with E-state index in [1.54, 1.807) is 0 Å². The minimum absolute atomic E-state index is 0.0806. The van der Waals surface area contributed by atoms with Crippen molar-refractivity contribution in [3.8, 4) is 0 Å². The van der Waals surface area contributed by atoms with Gasteiger partial charge in [0, 0.05) is 12.8 Å². The van der Waals surface area contributed by atoms with Crippen LogP contribution in [0, 0.1) is 0 Å². The molecule has 0 saturated heterocycles. The fraction of sp³-hybridized carbons (Fsp3) is 0.839. The Morgan fingerprint density at radius 1 is 0.358 bits per heavy atom. The van der Waals surface area contributed by atoms with E-state index in [0.717, 1.165) is 64.2 Å². The highest BCUT2D eigenvalue weighted by Crippen LogP contribution is 2.18. The zero-order valence-electron chi connectivity index (χ0n) is 44.9. The summed E-state index contributed by atoms with van der Waals surface area (Å²) >= 11 is 0. The van der Waals surface area contributed by atoms with Gasteiger partial charge in [-0.05, 0) is 51.4 Å². The molecule has 0 aromatic rings. The van der Waals surface area contributed by atoms with E-state index < -0.39 is 6.10 Å². The van der Waals surface area contributed by atoms with Crippen molar-refractivity contribution < 1.29 is 24.2 Å². The summed E-state index contributed by atoms with van der Waals surface area (Å²) in [6.07, 6.45) is 77.1. The second kappa shape index (κ2) is 58.2. The van der Waals surface area contributed by atoms with Crippen LogP contribution in [0.2, 0.25) is 0 Å². The molecule has 1 unspecified atom stereocenters. The molecule has 0 aliphatic carbocycles. The van der Waals surface area contributed by atoms with E-state index in [-0.39, 0.29) is 25.2 Å². The Bertz CT molecular complexity index is 1110. The first-order valence-corrected chi connectivity index (χ1v) is 29.7. The lowest BCUT2D eigenvalue weighted by Crippen LogP contribution is -2.28. The fourth-order valence-corrected chi connectivity index (χ4v) is 8.96. The van der Waals surface area contributed by atoms with Gasteiger partial charge in [-0.1, -0.05) is 300 Å². The number of unbranched alkanes of at least 4 members (excludes halogenated alkanes) is 39. The van der Waals surface area contributed by atoms with Gasteiger partial charge in [0.1, 0.15) is 6.61 Å². The molecule has 392 valence electrons. The summed E-state index contributed by atoms with van der Waals surface area (Å²) in [5.41, 5.74) is 0. The minimum Gasteiger partial charge on any atom is -0.462 e. The maximum Gasteiger partial charge on any atom is 0.306 e. The number of carbonyl (C=O) groups is 2. The minimum atomic E-state index is -0.793. The van der Waals surface area contributed by atoms with Crippen molar-refractivity contribution in [2.75, 3.05) is 13.2 Å². The molecule has 5 nitrogen and oxygen atoms in total. The predicted octanol–water partition coefficient (Wildman–Crippen LogP) is 20.0. The van der Waals surface area contributed by atoms with E-state index in [1.807, 2.05) is 0 Å². The third kappa shape index (κ3) is 56.3. The molecule has 0 spiro atoms. The zero-order valence-corrected chi connectivity index (χ0v) is 44.9. The summed E-state index contributed by atoms with van der Waals surface area (Å²) in [4.78, 5) is 24.4. The van der Waals surface area contributed by atoms with Crippen LogP contribution in [0.3, 0.4) is 0 Å². The summed E-state index contributed by atoms with van der Waals surface area (Å²) < 4.78 is 10.6. The smallest absolute Gasteiger partial charge is 0.306 e. The molecule has 0 heterocycles. The lowest BCUT2D eigenvalue weighted by Gasteiger charge is -2.15. The van der Waals surface area contributed by atoms with E-state index in [4.69, 9.17) is 9.47 Å². The lowest BCUT2D eigenvalue weighted by molar-refractivity contribution is -0.161. The molecular weight excluding hydrogens is 825 g/mol. The first kappa shape index (κ1) is 64.9. The number of aliphatic hydroxyl groups is 1. The Balaban J connectivity index is 3.37. The number of allylic oxidation sites excluding steroid dienone is 8.